The molecular weight excluding hydrogens is 840 g/mol. The van der Waals surface area contributed by atoms with Crippen LogP contribution in [0, 0.1) is 0 Å². The van der Waals surface area contributed by atoms with Gasteiger partial charge < -0.3 is 9.80 Å². The molecule has 10 aromatic rings. The fraction of sp³-hybridized carbons (Fsp3) is 0. The van der Waals surface area contributed by atoms with Crippen molar-refractivity contribution in [2.24, 2.45) is 0 Å². The molecule has 0 radical (unpaired) electrons. The fourth-order valence-electron chi connectivity index (χ4n) is 11.1. The highest BCUT2D eigenvalue weighted by Gasteiger charge is 2.51. The minimum Gasteiger partial charge on any atom is -0.309 e. The van der Waals surface area contributed by atoms with Crippen molar-refractivity contribution in [1.29, 1.82) is 0 Å². The molecule has 0 aliphatic carbocycles. The molecule has 0 unspecified atom stereocenters. The average Bonchev–Trinajstić information content (AvgIpc) is 3.39. The molecule has 2 nitrogen and oxygen atoms in total. The zero-order chi connectivity index (χ0) is 43.4. The van der Waals surface area contributed by atoms with Gasteiger partial charge in [0.05, 0.1) is 16.4 Å². The summed E-state index contributed by atoms with van der Waals surface area (Å²) in [7, 11) is -5.72. The molecule has 65 heavy (non-hydrogen) atoms. The summed E-state index contributed by atoms with van der Waals surface area (Å²) in [4.78, 5) is 4.91. The molecule has 12 rings (SSSR count). The van der Waals surface area contributed by atoms with Crippen LogP contribution < -0.4 is 51.3 Å². The minimum absolute atomic E-state index is 0.682. The number of hydrogen-bond acceptors (Lipinski definition) is 2. The summed E-state index contributed by atoms with van der Waals surface area (Å²) in [6.45, 7) is 0. The van der Waals surface area contributed by atoms with E-state index in [1.807, 2.05) is 0 Å². The second-order valence-corrected chi connectivity index (χ2v) is 24.7. The molecule has 5 heteroatoms. The van der Waals surface area contributed by atoms with Gasteiger partial charge in [-0.2, -0.15) is 0 Å². The molecule has 308 valence electrons. The summed E-state index contributed by atoms with van der Waals surface area (Å²) in [5.41, 5.74) is 8.64. The van der Waals surface area contributed by atoms with E-state index in [2.05, 4.69) is 271 Å². The number of halogens is 1. The summed E-state index contributed by atoms with van der Waals surface area (Å²) in [5, 5.41) is 11.4. The molecule has 10 aromatic carbocycles. The molecule has 0 atom stereocenters. The van der Waals surface area contributed by atoms with Crippen molar-refractivity contribution >= 4 is 103 Å². The molecule has 2 aliphatic rings. The molecule has 0 saturated heterocycles. The van der Waals surface area contributed by atoms with Crippen LogP contribution in [0.15, 0.2) is 261 Å². The SMILES string of the molecule is Clc1c(N2c3ccccc3[Si](c3ccccc3)(c3ccccc3)c3ccccc32)cc(-c2ccccc2)cc1N1c2ccccc2[Si](c2ccccc2)(c2ccccc2)c2ccccc21. The summed E-state index contributed by atoms with van der Waals surface area (Å²) in [5.74, 6) is 0. The molecular formula is C60H43ClN2Si2. The van der Waals surface area contributed by atoms with Crippen LogP contribution in [-0.2, 0) is 0 Å². The maximum absolute atomic E-state index is 8.25. The maximum Gasteiger partial charge on any atom is 0.184 e. The van der Waals surface area contributed by atoms with Crippen LogP contribution in [0.1, 0.15) is 0 Å². The number of nitrogens with zero attached hydrogens (tertiary/aromatic N) is 2. The van der Waals surface area contributed by atoms with Gasteiger partial charge >= 0.3 is 0 Å². The Balaban J connectivity index is 1.16. The van der Waals surface area contributed by atoms with E-state index in [9.17, 15) is 0 Å². The van der Waals surface area contributed by atoms with Crippen LogP contribution in [0.5, 0.6) is 0 Å². The Labute approximate surface area is 388 Å². The Morgan fingerprint density at radius 3 is 0.785 bits per heavy atom. The van der Waals surface area contributed by atoms with Crippen molar-refractivity contribution in [2.75, 3.05) is 9.80 Å². The molecule has 0 fully saturated rings. The number of benzene rings is 10. The monoisotopic (exact) mass is 882 g/mol. The van der Waals surface area contributed by atoms with E-state index in [1.165, 1.54) is 41.5 Å². The van der Waals surface area contributed by atoms with Crippen molar-refractivity contribution < 1.29 is 0 Å². The summed E-state index contributed by atoms with van der Waals surface area (Å²) < 4.78 is 0. The van der Waals surface area contributed by atoms with Crippen molar-refractivity contribution in [2.45, 2.75) is 0 Å². The molecule has 0 amide bonds. The standard InChI is InChI=1S/C60H43ClN2Si2/c61-60-54(62-50-34-16-20-38-56(50)64(46-26-8-2-9-27-46,47-28-10-3-11-29-47)57-39-21-17-35-51(57)62)42-45(44-24-6-1-7-25-44)43-55(60)63-52-36-18-22-40-58(52)65(48-30-12-4-13-31-48,49-32-14-5-15-33-49)59-41-23-19-37-53(59)63/h1-43H. The summed E-state index contributed by atoms with van der Waals surface area (Å²) in [6, 6.07) is 96.4. The minimum atomic E-state index is -2.86. The third-order valence-corrected chi connectivity index (χ3v) is 23.8. The number of anilines is 6. The van der Waals surface area contributed by atoms with Crippen molar-refractivity contribution in [3.8, 4) is 11.1 Å². The highest BCUT2D eigenvalue weighted by Crippen LogP contribution is 2.50. The zero-order valence-corrected chi connectivity index (χ0v) is 38.4. The first-order valence-electron chi connectivity index (χ1n) is 22.3. The lowest BCUT2D eigenvalue weighted by molar-refractivity contribution is 1.25. The van der Waals surface area contributed by atoms with Gasteiger partial charge in [-0.1, -0.05) is 236 Å². The van der Waals surface area contributed by atoms with E-state index in [0.29, 0.717) is 5.02 Å². The third kappa shape index (κ3) is 5.92. The van der Waals surface area contributed by atoms with Gasteiger partial charge in [-0.25, -0.2) is 0 Å². The van der Waals surface area contributed by atoms with Crippen LogP contribution in [0.4, 0.5) is 34.1 Å². The van der Waals surface area contributed by atoms with Crippen LogP contribution in [0.3, 0.4) is 0 Å². The Hall–Kier alpha value is -7.48. The van der Waals surface area contributed by atoms with Crippen LogP contribution in [0.25, 0.3) is 11.1 Å². The third-order valence-electron chi connectivity index (χ3n) is 13.6. The van der Waals surface area contributed by atoms with Crippen molar-refractivity contribution in [1.82, 2.24) is 0 Å². The molecule has 0 aromatic heterocycles. The first-order chi connectivity index (χ1) is 32.2. The Morgan fingerprint density at radius 1 is 0.246 bits per heavy atom. The highest BCUT2D eigenvalue weighted by atomic mass is 35.5. The molecule has 0 spiro atoms. The predicted octanol–water partition coefficient (Wildman–Crippen LogP) is 10.3. The first-order valence-corrected chi connectivity index (χ1v) is 26.7. The van der Waals surface area contributed by atoms with Gasteiger partial charge in [-0.05, 0) is 89.0 Å². The maximum atomic E-state index is 8.25. The number of para-hydroxylation sites is 4. The smallest absolute Gasteiger partial charge is 0.184 e. The van der Waals surface area contributed by atoms with E-state index in [4.69, 9.17) is 11.6 Å². The van der Waals surface area contributed by atoms with E-state index in [0.717, 1.165) is 45.3 Å². The highest BCUT2D eigenvalue weighted by molar-refractivity contribution is 7.22. The topological polar surface area (TPSA) is 6.48 Å². The lowest BCUT2D eigenvalue weighted by atomic mass is 10.0. The summed E-state index contributed by atoms with van der Waals surface area (Å²) in [6.07, 6.45) is 0. The Bertz CT molecular complexity index is 2960. The van der Waals surface area contributed by atoms with Gasteiger partial charge in [-0.3, -0.25) is 0 Å². The molecule has 0 saturated carbocycles. The Kier molecular flexibility index (Phi) is 9.60. The predicted molar refractivity (Wildman–Crippen MR) is 281 cm³/mol. The fourth-order valence-corrected chi connectivity index (χ4v) is 21.5. The lowest BCUT2D eigenvalue weighted by Crippen LogP contribution is -2.77. The molecule has 2 aliphatic heterocycles. The molecule has 2 heterocycles. The van der Waals surface area contributed by atoms with Gasteiger partial charge in [0.1, 0.15) is 0 Å². The second-order valence-electron chi connectivity index (χ2n) is 16.9. The summed E-state index contributed by atoms with van der Waals surface area (Å²) >= 11 is 8.25. The van der Waals surface area contributed by atoms with Gasteiger partial charge in [-0.15, -0.1) is 0 Å². The van der Waals surface area contributed by atoms with Gasteiger partial charge in [0.2, 0.25) is 0 Å². The van der Waals surface area contributed by atoms with E-state index < -0.39 is 16.1 Å². The Morgan fingerprint density at radius 2 is 0.492 bits per heavy atom. The number of rotatable bonds is 7. The van der Waals surface area contributed by atoms with Crippen LogP contribution in [0.2, 0.25) is 5.02 Å². The largest absolute Gasteiger partial charge is 0.309 e. The van der Waals surface area contributed by atoms with E-state index >= 15 is 0 Å². The lowest BCUT2D eigenvalue weighted by Gasteiger charge is -2.46. The zero-order valence-electron chi connectivity index (χ0n) is 35.6. The van der Waals surface area contributed by atoms with Gasteiger partial charge in [0.25, 0.3) is 0 Å². The number of hydrogen-bond donors (Lipinski definition) is 0. The first kappa shape index (κ1) is 39.1. The molecule has 0 N–H and O–H groups in total. The average molecular weight is 884 g/mol. The van der Waals surface area contributed by atoms with Crippen LogP contribution >= 0.6 is 11.6 Å². The van der Waals surface area contributed by atoms with E-state index in [-0.39, 0.29) is 0 Å². The van der Waals surface area contributed by atoms with Crippen molar-refractivity contribution in [3.63, 3.8) is 0 Å². The van der Waals surface area contributed by atoms with Crippen molar-refractivity contribution in [3.05, 3.63) is 266 Å². The molecule has 0 bridgehead atoms. The normalized spacial score (nSPS) is 14.1. The number of fused-ring (bicyclic) bond motifs is 4. The van der Waals surface area contributed by atoms with E-state index in [1.54, 1.807) is 0 Å². The second kappa shape index (κ2) is 15.9. The van der Waals surface area contributed by atoms with Crippen LogP contribution in [-0.4, -0.2) is 16.1 Å². The van der Waals surface area contributed by atoms with Gasteiger partial charge in [0.15, 0.2) is 16.1 Å². The quantitative estimate of drug-likeness (QED) is 0.147. The van der Waals surface area contributed by atoms with Gasteiger partial charge in [0, 0.05) is 22.7 Å².